The molecule has 0 spiro atoms. The van der Waals surface area contributed by atoms with E-state index in [1.165, 1.54) is 18.2 Å². The molecule has 1 rings (SSSR count). The average Bonchev–Trinajstić information content (AvgIpc) is 2.30. The molecule has 0 heterocycles. The molecule has 0 aliphatic heterocycles. The molecular formula is C12H16ClFN2O. The number of nitrogens with two attached hydrogens (primary N) is 1. The summed E-state index contributed by atoms with van der Waals surface area (Å²) in [6.07, 6.45) is 2.53. The first-order chi connectivity index (χ1) is 8.04. The molecule has 94 valence electrons. The molecule has 5 heteroatoms. The second-order valence-electron chi connectivity index (χ2n) is 3.87. The highest BCUT2D eigenvalue weighted by atomic mass is 35.5. The predicted molar refractivity (Wildman–Crippen MR) is 67.5 cm³/mol. The smallest absolute Gasteiger partial charge is 0.241 e. The number of rotatable bonds is 5. The highest BCUT2D eigenvalue weighted by Crippen LogP contribution is 2.19. The Kier molecular flexibility index (Phi) is 5.38. The van der Waals surface area contributed by atoms with Gasteiger partial charge in [-0.2, -0.15) is 0 Å². The van der Waals surface area contributed by atoms with Gasteiger partial charge in [-0.15, -0.1) is 0 Å². The lowest BCUT2D eigenvalue weighted by Gasteiger charge is -2.11. The van der Waals surface area contributed by atoms with Crippen LogP contribution < -0.4 is 11.1 Å². The maximum Gasteiger partial charge on any atom is 0.241 e. The Balaban J connectivity index is 2.58. The van der Waals surface area contributed by atoms with E-state index in [1.807, 2.05) is 6.92 Å². The lowest BCUT2D eigenvalue weighted by atomic mass is 10.1. The van der Waals surface area contributed by atoms with Crippen molar-refractivity contribution in [3.8, 4) is 0 Å². The monoisotopic (exact) mass is 258 g/mol. The van der Waals surface area contributed by atoms with Crippen LogP contribution in [-0.2, 0) is 4.79 Å². The van der Waals surface area contributed by atoms with Gasteiger partial charge in [-0.05, 0) is 24.6 Å². The van der Waals surface area contributed by atoms with E-state index in [2.05, 4.69) is 5.32 Å². The SMILES string of the molecule is CCCCC(N)C(=O)Nc1ccc(F)c(Cl)c1. The van der Waals surface area contributed by atoms with Crippen molar-refractivity contribution in [3.05, 3.63) is 29.0 Å². The summed E-state index contributed by atoms with van der Waals surface area (Å²) in [6.45, 7) is 2.03. The van der Waals surface area contributed by atoms with Gasteiger partial charge in [0.1, 0.15) is 5.82 Å². The van der Waals surface area contributed by atoms with Gasteiger partial charge in [-0.1, -0.05) is 31.4 Å². The molecule has 3 N–H and O–H groups in total. The summed E-state index contributed by atoms with van der Waals surface area (Å²) >= 11 is 5.60. The van der Waals surface area contributed by atoms with Crippen LogP contribution in [0, 0.1) is 5.82 Å². The normalized spacial score (nSPS) is 12.2. The molecule has 0 aliphatic rings. The molecular weight excluding hydrogens is 243 g/mol. The average molecular weight is 259 g/mol. The van der Waals surface area contributed by atoms with Crippen LogP contribution in [0.2, 0.25) is 5.02 Å². The van der Waals surface area contributed by atoms with Crippen molar-refractivity contribution in [1.82, 2.24) is 0 Å². The Morgan fingerprint density at radius 2 is 2.29 bits per heavy atom. The van der Waals surface area contributed by atoms with E-state index in [4.69, 9.17) is 17.3 Å². The molecule has 0 saturated carbocycles. The molecule has 1 aromatic carbocycles. The topological polar surface area (TPSA) is 55.1 Å². The van der Waals surface area contributed by atoms with Gasteiger partial charge in [-0.25, -0.2) is 4.39 Å². The molecule has 0 radical (unpaired) electrons. The highest BCUT2D eigenvalue weighted by molar-refractivity contribution is 6.31. The number of carbonyl (C=O) groups is 1. The van der Waals surface area contributed by atoms with E-state index in [1.54, 1.807) is 0 Å². The van der Waals surface area contributed by atoms with Crippen molar-refractivity contribution in [2.24, 2.45) is 5.73 Å². The van der Waals surface area contributed by atoms with Crippen LogP contribution in [0.25, 0.3) is 0 Å². The molecule has 3 nitrogen and oxygen atoms in total. The van der Waals surface area contributed by atoms with E-state index in [0.717, 1.165) is 12.8 Å². The molecule has 17 heavy (non-hydrogen) atoms. The zero-order valence-electron chi connectivity index (χ0n) is 9.67. The second-order valence-corrected chi connectivity index (χ2v) is 4.27. The number of hydrogen-bond donors (Lipinski definition) is 2. The molecule has 1 unspecified atom stereocenters. The first kappa shape index (κ1) is 13.9. The molecule has 1 amide bonds. The third-order valence-electron chi connectivity index (χ3n) is 2.39. The van der Waals surface area contributed by atoms with E-state index in [-0.39, 0.29) is 10.9 Å². The largest absolute Gasteiger partial charge is 0.325 e. The first-order valence-corrected chi connectivity index (χ1v) is 5.94. The summed E-state index contributed by atoms with van der Waals surface area (Å²) < 4.78 is 12.9. The zero-order valence-corrected chi connectivity index (χ0v) is 10.4. The molecule has 0 saturated heterocycles. The van der Waals surface area contributed by atoms with Gasteiger partial charge < -0.3 is 11.1 Å². The summed E-state index contributed by atoms with van der Waals surface area (Å²) in [6, 6.07) is 3.47. The van der Waals surface area contributed by atoms with E-state index >= 15 is 0 Å². The predicted octanol–water partition coefficient (Wildman–Crippen LogP) is 2.94. The Labute approximate surface area is 105 Å². The maximum atomic E-state index is 12.9. The highest BCUT2D eigenvalue weighted by Gasteiger charge is 2.13. The van der Waals surface area contributed by atoms with Crippen molar-refractivity contribution in [2.45, 2.75) is 32.2 Å². The molecule has 1 atom stereocenters. The Bertz CT molecular complexity index is 398. The third kappa shape index (κ3) is 4.32. The molecule has 0 aromatic heterocycles. The summed E-state index contributed by atoms with van der Waals surface area (Å²) in [4.78, 5) is 11.6. The third-order valence-corrected chi connectivity index (χ3v) is 2.68. The number of anilines is 1. The first-order valence-electron chi connectivity index (χ1n) is 5.56. The van der Waals surface area contributed by atoms with Crippen LogP contribution in [0.3, 0.4) is 0 Å². The van der Waals surface area contributed by atoms with Crippen molar-refractivity contribution >= 4 is 23.2 Å². The lowest BCUT2D eigenvalue weighted by Crippen LogP contribution is -2.35. The quantitative estimate of drug-likeness (QED) is 0.853. The number of halogens is 2. The van der Waals surface area contributed by atoms with Crippen LogP contribution in [0.1, 0.15) is 26.2 Å². The van der Waals surface area contributed by atoms with Crippen LogP contribution in [-0.4, -0.2) is 11.9 Å². The van der Waals surface area contributed by atoms with Crippen LogP contribution in [0.5, 0.6) is 0 Å². The number of carbonyl (C=O) groups excluding carboxylic acids is 1. The van der Waals surface area contributed by atoms with Crippen LogP contribution >= 0.6 is 11.6 Å². The Morgan fingerprint density at radius 3 is 2.88 bits per heavy atom. The summed E-state index contributed by atoms with van der Waals surface area (Å²) in [5.74, 6) is -0.791. The molecule has 0 bridgehead atoms. The van der Waals surface area contributed by atoms with Crippen LogP contribution in [0.15, 0.2) is 18.2 Å². The minimum Gasteiger partial charge on any atom is -0.325 e. The summed E-state index contributed by atoms with van der Waals surface area (Å²) in [5.41, 5.74) is 6.15. The van der Waals surface area contributed by atoms with E-state index in [9.17, 15) is 9.18 Å². The Hall–Kier alpha value is -1.13. The molecule has 1 aromatic rings. The van der Waals surface area contributed by atoms with Gasteiger partial charge in [0, 0.05) is 5.69 Å². The Morgan fingerprint density at radius 1 is 1.59 bits per heavy atom. The summed E-state index contributed by atoms with van der Waals surface area (Å²) in [5, 5.41) is 2.58. The molecule has 0 fully saturated rings. The van der Waals surface area contributed by atoms with Gasteiger partial charge in [0.05, 0.1) is 11.1 Å². The minimum absolute atomic E-state index is 0.0232. The van der Waals surface area contributed by atoms with Crippen molar-refractivity contribution in [2.75, 3.05) is 5.32 Å². The molecule has 0 aliphatic carbocycles. The van der Waals surface area contributed by atoms with Crippen molar-refractivity contribution in [1.29, 1.82) is 0 Å². The standard InChI is InChI=1S/C12H16ClFN2O/c1-2-3-4-11(15)12(17)16-8-5-6-10(14)9(13)7-8/h5-7,11H,2-4,15H2,1H3,(H,16,17). The number of benzene rings is 1. The summed E-state index contributed by atoms with van der Waals surface area (Å²) in [7, 11) is 0. The number of amides is 1. The van der Waals surface area contributed by atoms with Gasteiger partial charge in [0.2, 0.25) is 5.91 Å². The van der Waals surface area contributed by atoms with Gasteiger partial charge in [0.15, 0.2) is 0 Å². The van der Waals surface area contributed by atoms with E-state index < -0.39 is 11.9 Å². The second kappa shape index (κ2) is 6.57. The fourth-order valence-corrected chi connectivity index (χ4v) is 1.54. The van der Waals surface area contributed by atoms with Gasteiger partial charge in [-0.3, -0.25) is 4.79 Å². The van der Waals surface area contributed by atoms with E-state index in [0.29, 0.717) is 12.1 Å². The zero-order chi connectivity index (χ0) is 12.8. The minimum atomic E-state index is -0.543. The fraction of sp³-hybridized carbons (Fsp3) is 0.417. The number of nitrogens with one attached hydrogen (secondary N) is 1. The van der Waals surface area contributed by atoms with Crippen LogP contribution in [0.4, 0.5) is 10.1 Å². The van der Waals surface area contributed by atoms with Gasteiger partial charge >= 0.3 is 0 Å². The fourth-order valence-electron chi connectivity index (χ4n) is 1.36. The van der Waals surface area contributed by atoms with Crippen molar-refractivity contribution < 1.29 is 9.18 Å². The van der Waals surface area contributed by atoms with Crippen molar-refractivity contribution in [3.63, 3.8) is 0 Å². The number of hydrogen-bond acceptors (Lipinski definition) is 2. The maximum absolute atomic E-state index is 12.9. The van der Waals surface area contributed by atoms with Gasteiger partial charge in [0.25, 0.3) is 0 Å². The lowest BCUT2D eigenvalue weighted by molar-refractivity contribution is -0.117. The number of unbranched alkanes of at least 4 members (excludes halogenated alkanes) is 1.